The highest BCUT2D eigenvalue weighted by molar-refractivity contribution is 6.78. The molecule has 0 radical (unpaired) electrons. The SMILES string of the molecule is CC(C)C(C)(OC(=O)C=CC(=O)OC(C)(C(C)C)C(C)(C)C(C(C)C)(C(C)C)[Si]1(C)O[SiH2]O[SiH2]O[SiH2]O1)C(C)(C)C(C(C)C)(C(C)C)[Si]1(C)O[SiH2]O[SiH2]O[SiH2]O1. The van der Waals surface area contributed by atoms with Crippen molar-refractivity contribution in [1.82, 2.24) is 0 Å². The molecule has 0 N–H and O–H groups in total. The second-order valence-electron chi connectivity index (χ2n) is 19.3. The van der Waals surface area contributed by atoms with E-state index in [0.29, 0.717) is 0 Å². The third kappa shape index (κ3) is 9.15. The van der Waals surface area contributed by atoms with Gasteiger partial charge in [-0.2, -0.15) is 0 Å². The predicted octanol–water partition coefficient (Wildman–Crippen LogP) is 3.91. The zero-order valence-corrected chi connectivity index (χ0v) is 49.2. The molecule has 12 nitrogen and oxygen atoms in total. The lowest BCUT2D eigenvalue weighted by molar-refractivity contribution is -0.190. The number of rotatable bonds is 16. The van der Waals surface area contributed by atoms with Gasteiger partial charge in [0.1, 0.15) is 11.2 Å². The molecule has 2 rings (SSSR count). The standard InChI is InChI=1S/C36H80O12Si8/c1-23(2)33(17,31(13,14)35(25(5)6,26(7)8)55(19)45-51-41-49-42-52-46-55)39-29(37)21-22-30(38)40-34(18,24(3)4)32(15,16)36(27(9)10,28(11)12)56(20)47-53-43-50-44-54-48-56/h21-28H,49-54H2,1-20H3. The summed E-state index contributed by atoms with van der Waals surface area (Å²) in [5.41, 5.74) is -3.33. The maximum atomic E-state index is 14.1. The molecule has 2 fully saturated rings. The minimum absolute atomic E-state index is 0.100. The third-order valence-electron chi connectivity index (χ3n) is 14.9. The molecule has 2 heterocycles. The van der Waals surface area contributed by atoms with Gasteiger partial charge in [0.25, 0.3) is 60.0 Å². The average Bonchev–Trinajstić information content (AvgIpc) is 3.03. The van der Waals surface area contributed by atoms with E-state index in [1.807, 2.05) is 13.8 Å². The van der Waals surface area contributed by atoms with Crippen LogP contribution in [0.25, 0.3) is 0 Å². The van der Waals surface area contributed by atoms with Gasteiger partial charge in [0.05, 0.1) is 0 Å². The first-order valence-electron chi connectivity index (χ1n) is 20.6. The summed E-state index contributed by atoms with van der Waals surface area (Å²) in [7, 11) is -13.4. The number of hydrogen-bond donors (Lipinski definition) is 0. The minimum atomic E-state index is -3.03. The van der Waals surface area contributed by atoms with Gasteiger partial charge in [-0.3, -0.25) is 0 Å². The van der Waals surface area contributed by atoms with E-state index in [1.54, 1.807) is 0 Å². The van der Waals surface area contributed by atoms with Crippen LogP contribution in [-0.2, 0) is 52.0 Å². The van der Waals surface area contributed by atoms with Gasteiger partial charge in [-0.05, 0) is 62.4 Å². The summed E-state index contributed by atoms with van der Waals surface area (Å²) < 4.78 is 64.0. The molecule has 0 aliphatic carbocycles. The number of carbonyl (C=O) groups is 2. The average molecular weight is 930 g/mol. The molecule has 0 aromatic carbocycles. The topological polar surface area (TPSA) is 126 Å². The summed E-state index contributed by atoms with van der Waals surface area (Å²) in [5, 5.41) is -1.04. The molecule has 328 valence electrons. The molecule has 0 aromatic rings. The van der Waals surface area contributed by atoms with Gasteiger partial charge in [-0.15, -0.1) is 0 Å². The van der Waals surface area contributed by atoms with E-state index in [0.717, 1.165) is 0 Å². The smallest absolute Gasteiger partial charge is 0.331 e. The molecule has 56 heavy (non-hydrogen) atoms. The summed E-state index contributed by atoms with van der Waals surface area (Å²) >= 11 is 0. The Balaban J connectivity index is 2.61. The highest BCUT2D eigenvalue weighted by Gasteiger charge is 2.72. The molecular formula is C36H80O12Si8. The predicted molar refractivity (Wildman–Crippen MR) is 243 cm³/mol. The zero-order chi connectivity index (χ0) is 43.3. The molecule has 0 saturated carbocycles. The van der Waals surface area contributed by atoms with E-state index in [-0.39, 0.29) is 35.5 Å². The summed E-state index contributed by atoms with van der Waals surface area (Å²) in [4.78, 5) is 28.1. The van der Waals surface area contributed by atoms with E-state index in [9.17, 15) is 9.59 Å². The fourth-order valence-electron chi connectivity index (χ4n) is 12.3. The van der Waals surface area contributed by atoms with Gasteiger partial charge < -0.3 is 42.4 Å². The van der Waals surface area contributed by atoms with Crippen LogP contribution >= 0.6 is 0 Å². The Morgan fingerprint density at radius 1 is 0.446 bits per heavy atom. The van der Waals surface area contributed by atoms with Crippen molar-refractivity contribution >= 4 is 89.1 Å². The third-order valence-corrected chi connectivity index (χ3v) is 37.5. The van der Waals surface area contributed by atoms with Crippen LogP contribution in [0.5, 0.6) is 0 Å². The van der Waals surface area contributed by atoms with Crippen LogP contribution in [-0.4, -0.2) is 100 Å². The zero-order valence-electron chi connectivity index (χ0n) is 38.8. The molecule has 2 aliphatic heterocycles. The van der Waals surface area contributed by atoms with Gasteiger partial charge in [-0.1, -0.05) is 111 Å². The second-order valence-corrected chi connectivity index (χ2v) is 37.3. The van der Waals surface area contributed by atoms with Crippen molar-refractivity contribution in [3.05, 3.63) is 12.2 Å². The van der Waals surface area contributed by atoms with Crippen LogP contribution in [0.2, 0.25) is 23.2 Å². The Labute approximate surface area is 356 Å². The maximum Gasteiger partial charge on any atom is 0.331 e. The van der Waals surface area contributed by atoms with E-state index in [4.69, 9.17) is 42.4 Å². The Morgan fingerprint density at radius 3 is 0.875 bits per heavy atom. The Hall–Kier alpha value is 0.0951. The van der Waals surface area contributed by atoms with E-state index in [1.165, 1.54) is 12.2 Å². The highest BCUT2D eigenvalue weighted by atomic mass is 28.5. The largest absolute Gasteiger partial charge is 0.455 e. The van der Waals surface area contributed by atoms with Crippen molar-refractivity contribution in [2.45, 2.75) is 159 Å². The molecule has 2 atom stereocenters. The Morgan fingerprint density at radius 2 is 0.679 bits per heavy atom. The summed E-state index contributed by atoms with van der Waals surface area (Å²) in [6.07, 6.45) is 2.44. The van der Waals surface area contributed by atoms with Crippen LogP contribution in [0, 0.1) is 46.3 Å². The summed E-state index contributed by atoms with van der Waals surface area (Å²) in [6, 6.07) is 0. The summed E-state index contributed by atoms with van der Waals surface area (Å²) in [6.45, 7) is 43.1. The lowest BCUT2D eigenvalue weighted by Crippen LogP contribution is -2.69. The van der Waals surface area contributed by atoms with Crippen LogP contribution in [0.3, 0.4) is 0 Å². The molecule has 2 aliphatic rings. The highest BCUT2D eigenvalue weighted by Crippen LogP contribution is 2.70. The minimum Gasteiger partial charge on any atom is -0.455 e. The van der Waals surface area contributed by atoms with E-state index in [2.05, 4.69) is 124 Å². The quantitative estimate of drug-likeness (QED) is 0.127. The number of esters is 2. The summed E-state index contributed by atoms with van der Waals surface area (Å²) in [5.74, 6) is -1.01. The van der Waals surface area contributed by atoms with Crippen molar-refractivity contribution in [1.29, 1.82) is 0 Å². The lowest BCUT2D eigenvalue weighted by Gasteiger charge is -2.65. The van der Waals surface area contributed by atoms with Crippen LogP contribution in [0.1, 0.15) is 125 Å². The molecular weight excluding hydrogens is 849 g/mol. The van der Waals surface area contributed by atoms with Crippen molar-refractivity contribution in [3.8, 4) is 0 Å². The van der Waals surface area contributed by atoms with Crippen LogP contribution < -0.4 is 0 Å². The van der Waals surface area contributed by atoms with E-state index < -0.39 is 121 Å². The lowest BCUT2D eigenvalue weighted by atomic mass is 9.56. The first-order valence-corrected chi connectivity index (χ1v) is 32.1. The Kier molecular flexibility index (Phi) is 18.5. The molecule has 20 heteroatoms. The van der Waals surface area contributed by atoms with Crippen molar-refractivity contribution < 1.29 is 52.0 Å². The van der Waals surface area contributed by atoms with Crippen molar-refractivity contribution in [3.63, 3.8) is 0 Å². The van der Waals surface area contributed by atoms with Gasteiger partial charge in [0, 0.05) is 33.1 Å². The van der Waals surface area contributed by atoms with Crippen LogP contribution in [0.15, 0.2) is 12.2 Å². The molecule has 0 spiro atoms. The van der Waals surface area contributed by atoms with Gasteiger partial charge >= 0.3 is 29.1 Å². The monoisotopic (exact) mass is 928 g/mol. The number of hydrogen-bond acceptors (Lipinski definition) is 12. The number of ether oxygens (including phenoxy) is 2. The first-order chi connectivity index (χ1) is 25.6. The molecule has 0 bridgehead atoms. The second kappa shape index (κ2) is 19.9. The van der Waals surface area contributed by atoms with Gasteiger partial charge in [0.2, 0.25) is 0 Å². The maximum absolute atomic E-state index is 14.1. The van der Waals surface area contributed by atoms with Crippen molar-refractivity contribution in [2.24, 2.45) is 46.3 Å². The Bertz CT molecular complexity index is 1210. The molecule has 2 saturated heterocycles. The normalized spacial score (nSPS) is 27.8. The van der Waals surface area contributed by atoms with Crippen LogP contribution in [0.4, 0.5) is 0 Å². The van der Waals surface area contributed by atoms with E-state index >= 15 is 0 Å². The molecule has 0 amide bonds. The molecule has 0 aromatic heterocycles. The van der Waals surface area contributed by atoms with Gasteiger partial charge in [-0.25, -0.2) is 9.59 Å². The van der Waals surface area contributed by atoms with Gasteiger partial charge in [0.15, 0.2) is 0 Å². The fourth-order valence-corrected chi connectivity index (χ4v) is 37.3. The molecule has 2 unspecified atom stereocenters. The fraction of sp³-hybridized carbons (Fsp3) is 0.889. The number of carbonyl (C=O) groups excluding carboxylic acids is 2. The van der Waals surface area contributed by atoms with Crippen molar-refractivity contribution in [2.75, 3.05) is 0 Å². The first kappa shape index (κ1) is 52.2.